The van der Waals surface area contributed by atoms with Crippen molar-refractivity contribution >= 4 is 17.6 Å². The first-order valence-electron chi connectivity index (χ1n) is 6.31. The number of carbonyl (C=O) groups is 2. The number of carbonyl (C=O) groups excluding carboxylic acids is 1. The van der Waals surface area contributed by atoms with Crippen molar-refractivity contribution in [2.24, 2.45) is 0 Å². The number of hydrogen-bond donors (Lipinski definition) is 1. The Kier molecular flexibility index (Phi) is 13.0. The molecule has 0 aliphatic rings. The fourth-order valence-electron chi connectivity index (χ4n) is 1.58. The maximum atomic E-state index is 11.3. The van der Waals surface area contributed by atoms with Crippen LogP contribution in [0.5, 0.6) is 11.5 Å². The molecule has 0 heterocycles. The summed E-state index contributed by atoms with van der Waals surface area (Å²) in [7, 11) is 1.13. The quantitative estimate of drug-likeness (QED) is 0.314. The predicted octanol–water partition coefficient (Wildman–Crippen LogP) is -5.57. The zero-order valence-corrected chi connectivity index (χ0v) is 18.3. The number of carboxylic acid groups (broad SMARTS) is 2. The fourth-order valence-corrected chi connectivity index (χ4v) is 1.58. The van der Waals surface area contributed by atoms with E-state index >= 15 is 0 Å². The zero-order valence-electron chi connectivity index (χ0n) is 14.3. The summed E-state index contributed by atoms with van der Waals surface area (Å²) in [6.45, 7) is 0. The number of hydrogen-bond acceptors (Lipinski definition) is 7. The molecule has 26 heavy (non-hydrogen) atoms. The summed E-state index contributed by atoms with van der Waals surface area (Å²) in [6, 6.07) is 9.65. The molecule has 2 aromatic rings. The summed E-state index contributed by atoms with van der Waals surface area (Å²) in [5.74, 6) is -3.89. The van der Waals surface area contributed by atoms with Crippen molar-refractivity contribution in [3.63, 3.8) is 0 Å². The first kappa shape index (κ1) is 26.6. The molecule has 0 spiro atoms. The molecule has 9 nitrogen and oxygen atoms in total. The molecule has 0 atom stereocenters. The smallest absolute Gasteiger partial charge is 0.869 e. The fraction of sp³-hybridized carbons (Fsp3) is 0.0667. The van der Waals surface area contributed by atoms with Crippen LogP contribution in [0.4, 0.5) is 5.69 Å². The van der Waals surface area contributed by atoms with Crippen LogP contribution < -0.4 is 74.1 Å². The van der Waals surface area contributed by atoms with Gasteiger partial charge in [-0.3, -0.25) is 10.1 Å². The Bertz CT molecular complexity index is 768. The Balaban J connectivity index is 0. The number of nitrogens with zero attached hydrogens (tertiary/aromatic N) is 1. The molecule has 0 saturated heterocycles. The molecule has 11 heteroatoms. The number of non-ortho nitro benzene ring substituents is 1. The summed E-state index contributed by atoms with van der Waals surface area (Å²) in [5.41, 5.74) is -0.956. The van der Waals surface area contributed by atoms with Gasteiger partial charge in [0.2, 0.25) is 0 Å². The van der Waals surface area contributed by atoms with Crippen LogP contribution >= 0.6 is 0 Å². The van der Waals surface area contributed by atoms with Gasteiger partial charge < -0.3 is 24.9 Å². The number of aromatic carboxylic acids is 2. The van der Waals surface area contributed by atoms with Crippen molar-refractivity contribution in [2.45, 2.75) is 0 Å². The molecule has 0 saturated carbocycles. The molecule has 0 aliphatic heterocycles. The maximum Gasteiger partial charge on any atom is 1.00 e. The third-order valence-corrected chi connectivity index (χ3v) is 2.71. The Morgan fingerprint density at radius 3 is 2.00 bits per heavy atom. The van der Waals surface area contributed by atoms with Gasteiger partial charge in [0.25, 0.3) is 5.69 Å². The van der Waals surface area contributed by atoms with Crippen molar-refractivity contribution in [2.75, 3.05) is 7.11 Å². The molecule has 2 rings (SSSR count). The average Bonchev–Trinajstić information content (AvgIpc) is 2.56. The molecule has 126 valence electrons. The van der Waals surface area contributed by atoms with Gasteiger partial charge in [-0.1, -0.05) is 36.1 Å². The third kappa shape index (κ3) is 7.73. The zero-order chi connectivity index (χ0) is 18.3. The molecular formula is C15H11NNa2O8. The first-order valence-corrected chi connectivity index (χ1v) is 6.31. The van der Waals surface area contributed by atoms with Gasteiger partial charge in [0, 0.05) is 6.07 Å². The molecule has 0 aromatic heterocycles. The van der Waals surface area contributed by atoms with Crippen molar-refractivity contribution in [3.8, 4) is 11.5 Å². The molecule has 0 radical (unpaired) electrons. The van der Waals surface area contributed by atoms with Crippen molar-refractivity contribution in [1.29, 1.82) is 0 Å². The minimum atomic E-state index is -1.53. The SMILES string of the molecule is COc1cc([N+](=O)[O-])cc(C(=O)O)c1[O-].O=C([O-])c1ccccc1.[Na+].[Na+]. The van der Waals surface area contributed by atoms with Gasteiger partial charge in [-0.05, 0) is 5.56 Å². The van der Waals surface area contributed by atoms with Gasteiger partial charge in [-0.25, -0.2) is 4.79 Å². The van der Waals surface area contributed by atoms with Crippen molar-refractivity contribution in [3.05, 3.63) is 63.7 Å². The van der Waals surface area contributed by atoms with E-state index in [2.05, 4.69) is 4.74 Å². The van der Waals surface area contributed by atoms with Gasteiger partial charge in [0.15, 0.2) is 0 Å². The molecule has 0 fully saturated rings. The minimum Gasteiger partial charge on any atom is -0.869 e. The summed E-state index contributed by atoms with van der Waals surface area (Å²) < 4.78 is 4.55. The topological polar surface area (TPSA) is 153 Å². The second-order valence-electron chi connectivity index (χ2n) is 4.24. The number of carboxylic acids is 2. The van der Waals surface area contributed by atoms with Crippen LogP contribution in [0, 0.1) is 10.1 Å². The van der Waals surface area contributed by atoms with Crippen LogP contribution in [0.1, 0.15) is 20.7 Å². The van der Waals surface area contributed by atoms with E-state index in [0.29, 0.717) is 6.07 Å². The largest absolute Gasteiger partial charge is 1.00 e. The standard InChI is InChI=1S/C8H7NO6.C7H6O2.2Na/c1-15-6-3-4(9(13)14)2-5(7(6)10)8(11)12;8-7(9)6-4-2-1-3-5-6;;/h2-3,10H,1H3,(H,11,12);1-5H,(H,8,9);;/q;;2*+1/p-2. The molecular weight excluding hydrogens is 368 g/mol. The summed E-state index contributed by atoms with van der Waals surface area (Å²) >= 11 is 0. The monoisotopic (exact) mass is 379 g/mol. The van der Waals surface area contributed by atoms with E-state index in [-0.39, 0.29) is 70.4 Å². The first-order chi connectivity index (χ1) is 11.3. The maximum absolute atomic E-state index is 11.3. The molecule has 2 aromatic carbocycles. The van der Waals surface area contributed by atoms with Gasteiger partial charge in [-0.2, -0.15) is 0 Å². The second kappa shape index (κ2) is 12.7. The normalized spacial score (nSPS) is 8.65. The minimum absolute atomic E-state index is 0. The Morgan fingerprint density at radius 1 is 1.12 bits per heavy atom. The molecule has 0 bridgehead atoms. The van der Waals surface area contributed by atoms with Crippen LogP contribution in [0.15, 0.2) is 42.5 Å². The summed E-state index contributed by atoms with van der Waals surface area (Å²) in [4.78, 5) is 30.3. The Morgan fingerprint density at radius 2 is 1.65 bits per heavy atom. The van der Waals surface area contributed by atoms with E-state index in [1.54, 1.807) is 18.2 Å². The second-order valence-corrected chi connectivity index (χ2v) is 4.24. The van der Waals surface area contributed by atoms with Gasteiger partial charge >= 0.3 is 65.1 Å². The van der Waals surface area contributed by atoms with Crippen molar-refractivity contribution in [1.82, 2.24) is 0 Å². The van der Waals surface area contributed by atoms with Gasteiger partial charge in [0.05, 0.1) is 29.6 Å². The number of nitro benzene ring substituents is 1. The third-order valence-electron chi connectivity index (χ3n) is 2.71. The number of methoxy groups -OCH3 is 1. The molecule has 0 aliphatic carbocycles. The summed E-state index contributed by atoms with van der Waals surface area (Å²) in [5, 5.41) is 40.4. The van der Waals surface area contributed by atoms with E-state index in [9.17, 15) is 29.9 Å². The van der Waals surface area contributed by atoms with E-state index in [0.717, 1.165) is 13.2 Å². The van der Waals surface area contributed by atoms with E-state index in [4.69, 9.17) is 5.11 Å². The predicted molar refractivity (Wildman–Crippen MR) is 76.8 cm³/mol. The van der Waals surface area contributed by atoms with E-state index < -0.39 is 33.9 Å². The van der Waals surface area contributed by atoms with E-state index in [1.807, 2.05) is 0 Å². The van der Waals surface area contributed by atoms with E-state index in [1.165, 1.54) is 12.1 Å². The van der Waals surface area contributed by atoms with Crippen LogP contribution in [-0.4, -0.2) is 29.1 Å². The summed E-state index contributed by atoms with van der Waals surface area (Å²) in [6.07, 6.45) is 0. The molecule has 0 amide bonds. The molecule has 1 N–H and O–H groups in total. The Labute approximate surface area is 192 Å². The van der Waals surface area contributed by atoms with Gasteiger partial charge in [0.1, 0.15) is 5.75 Å². The number of ether oxygens (including phenoxy) is 1. The average molecular weight is 379 g/mol. The number of rotatable bonds is 4. The van der Waals surface area contributed by atoms with Crippen LogP contribution in [0.25, 0.3) is 0 Å². The van der Waals surface area contributed by atoms with Crippen molar-refractivity contribution < 1.29 is 93.7 Å². The van der Waals surface area contributed by atoms with Crippen LogP contribution in [-0.2, 0) is 0 Å². The molecule has 0 unspecified atom stereocenters. The van der Waals surface area contributed by atoms with Crippen LogP contribution in [0.3, 0.4) is 0 Å². The number of benzene rings is 2. The number of nitro groups is 1. The Hall–Kier alpha value is -1.62. The van der Waals surface area contributed by atoms with Gasteiger partial charge in [-0.15, -0.1) is 0 Å². The van der Waals surface area contributed by atoms with Crippen LogP contribution in [0.2, 0.25) is 0 Å².